The summed E-state index contributed by atoms with van der Waals surface area (Å²) in [5, 5.41) is 10.2. The molecule has 1 aliphatic rings. The quantitative estimate of drug-likeness (QED) is 0.329. The summed E-state index contributed by atoms with van der Waals surface area (Å²) in [5.41, 5.74) is 7.47. The number of hydrogen-bond donors (Lipinski definition) is 1. The first kappa shape index (κ1) is 20.8. The molecule has 1 N–H and O–H groups in total. The van der Waals surface area contributed by atoms with E-state index in [1.54, 1.807) is 4.57 Å². The molecule has 6 rings (SSSR count). The van der Waals surface area contributed by atoms with Crippen LogP contribution in [-0.4, -0.2) is 14.3 Å². The van der Waals surface area contributed by atoms with Crippen LogP contribution in [0.4, 0.5) is 11.5 Å². The Labute approximate surface area is 202 Å². The van der Waals surface area contributed by atoms with Crippen molar-refractivity contribution in [3.05, 3.63) is 116 Å². The maximum atomic E-state index is 13.8. The Morgan fingerprint density at radius 1 is 0.912 bits per heavy atom. The molecular formula is C28H23ClN4O. The second-order valence-electron chi connectivity index (χ2n) is 8.87. The molecule has 1 atom stereocenters. The van der Waals surface area contributed by atoms with E-state index < -0.39 is 0 Å². The monoisotopic (exact) mass is 466 g/mol. The molecule has 1 aliphatic heterocycles. The van der Waals surface area contributed by atoms with Gasteiger partial charge in [0.05, 0.1) is 28.1 Å². The van der Waals surface area contributed by atoms with Gasteiger partial charge in [0.15, 0.2) is 0 Å². The summed E-state index contributed by atoms with van der Waals surface area (Å²) in [6, 6.07) is 24.1. The highest BCUT2D eigenvalue weighted by Gasteiger charge is 2.36. The Hall–Kier alpha value is -3.83. The normalized spacial score (nSPS) is 14.5. The number of fused-ring (bicyclic) bond motifs is 4. The van der Waals surface area contributed by atoms with Crippen LogP contribution < -0.4 is 10.9 Å². The second-order valence-corrected chi connectivity index (χ2v) is 9.31. The van der Waals surface area contributed by atoms with Crippen molar-refractivity contribution in [1.29, 1.82) is 0 Å². The zero-order valence-electron chi connectivity index (χ0n) is 19.1. The van der Waals surface area contributed by atoms with Crippen molar-refractivity contribution in [2.75, 3.05) is 5.32 Å². The SMILES string of the molecule is Cc1ccc(-n2nc(C)c3c2Nc2c(c(=O)n(C)c4ccccc24)[C@@H]3c2ccc(Cl)cc2)cc1. The van der Waals surface area contributed by atoms with E-state index in [0.29, 0.717) is 5.02 Å². The highest BCUT2D eigenvalue weighted by molar-refractivity contribution is 6.30. The van der Waals surface area contributed by atoms with Gasteiger partial charge in [0.25, 0.3) is 5.56 Å². The molecule has 5 aromatic rings. The Kier molecular flexibility index (Phi) is 4.64. The molecule has 0 saturated carbocycles. The Bertz CT molecular complexity index is 1630. The molecule has 3 aromatic carbocycles. The highest BCUT2D eigenvalue weighted by Crippen LogP contribution is 2.47. The first-order valence-electron chi connectivity index (χ1n) is 11.2. The molecule has 0 amide bonds. The largest absolute Gasteiger partial charge is 0.339 e. The number of rotatable bonds is 2. The lowest BCUT2D eigenvalue weighted by Gasteiger charge is -2.29. The second kappa shape index (κ2) is 7.61. The predicted octanol–water partition coefficient (Wildman–Crippen LogP) is 6.23. The zero-order chi connectivity index (χ0) is 23.6. The van der Waals surface area contributed by atoms with E-state index in [-0.39, 0.29) is 11.5 Å². The average Bonchev–Trinajstić information content (AvgIpc) is 3.18. The van der Waals surface area contributed by atoms with Gasteiger partial charge in [-0.3, -0.25) is 4.79 Å². The van der Waals surface area contributed by atoms with Crippen LogP contribution >= 0.6 is 11.6 Å². The molecule has 0 unspecified atom stereocenters. The van der Waals surface area contributed by atoms with Crippen LogP contribution in [0, 0.1) is 13.8 Å². The third-order valence-corrected chi connectivity index (χ3v) is 7.00. The summed E-state index contributed by atoms with van der Waals surface area (Å²) in [6.45, 7) is 4.07. The van der Waals surface area contributed by atoms with Crippen molar-refractivity contribution in [3.8, 4) is 5.69 Å². The van der Waals surface area contributed by atoms with Gasteiger partial charge in [-0.05, 0) is 49.7 Å². The molecule has 0 spiro atoms. The number of pyridine rings is 1. The van der Waals surface area contributed by atoms with E-state index in [1.165, 1.54) is 5.56 Å². The standard InChI is InChI=1S/C28H23ClN4O/c1-16-8-14-20(15-9-16)33-27-23(17(2)31-33)24(18-10-12-19(29)13-11-18)25-26(30-27)21-6-4-5-7-22(21)32(3)28(25)34/h4-15,24,30H,1-3H3/t24-/m1/s1. The molecule has 5 nitrogen and oxygen atoms in total. The molecular weight excluding hydrogens is 444 g/mol. The molecule has 0 bridgehead atoms. The molecule has 0 radical (unpaired) electrons. The average molecular weight is 467 g/mol. The van der Waals surface area contributed by atoms with Crippen LogP contribution in [-0.2, 0) is 7.05 Å². The number of aromatic nitrogens is 3. The third kappa shape index (κ3) is 3.01. The number of nitrogens with zero attached hydrogens (tertiary/aromatic N) is 3. The highest BCUT2D eigenvalue weighted by atomic mass is 35.5. The van der Waals surface area contributed by atoms with Gasteiger partial charge in [0.1, 0.15) is 5.82 Å². The summed E-state index contributed by atoms with van der Waals surface area (Å²) in [5.74, 6) is 0.609. The Balaban J connectivity index is 1.71. The van der Waals surface area contributed by atoms with Crippen LogP contribution in [0.15, 0.2) is 77.6 Å². The van der Waals surface area contributed by atoms with E-state index in [9.17, 15) is 4.79 Å². The van der Waals surface area contributed by atoms with Crippen molar-refractivity contribution in [2.24, 2.45) is 7.05 Å². The molecule has 6 heteroatoms. The van der Waals surface area contributed by atoms with Crippen molar-refractivity contribution < 1.29 is 0 Å². The number of hydrogen-bond acceptors (Lipinski definition) is 3. The minimum atomic E-state index is -0.272. The lowest BCUT2D eigenvalue weighted by atomic mass is 9.81. The molecule has 168 valence electrons. The van der Waals surface area contributed by atoms with Crippen LogP contribution in [0.2, 0.25) is 5.02 Å². The summed E-state index contributed by atoms with van der Waals surface area (Å²) >= 11 is 6.22. The molecule has 34 heavy (non-hydrogen) atoms. The Morgan fingerprint density at radius 3 is 2.35 bits per heavy atom. The number of aryl methyl sites for hydroxylation is 3. The van der Waals surface area contributed by atoms with Gasteiger partial charge in [0.2, 0.25) is 0 Å². The van der Waals surface area contributed by atoms with Gasteiger partial charge >= 0.3 is 0 Å². The predicted molar refractivity (Wildman–Crippen MR) is 138 cm³/mol. The first-order chi connectivity index (χ1) is 16.4. The van der Waals surface area contributed by atoms with E-state index in [1.807, 2.05) is 61.1 Å². The fourth-order valence-corrected chi connectivity index (χ4v) is 5.18. The summed E-state index contributed by atoms with van der Waals surface area (Å²) in [6.07, 6.45) is 0. The van der Waals surface area contributed by atoms with Crippen molar-refractivity contribution in [2.45, 2.75) is 19.8 Å². The maximum absolute atomic E-state index is 13.8. The summed E-state index contributed by atoms with van der Waals surface area (Å²) < 4.78 is 3.69. The van der Waals surface area contributed by atoms with E-state index >= 15 is 0 Å². The maximum Gasteiger partial charge on any atom is 0.257 e. The number of benzene rings is 3. The molecule has 2 aromatic heterocycles. The summed E-state index contributed by atoms with van der Waals surface area (Å²) in [7, 11) is 1.84. The van der Waals surface area contributed by atoms with Gasteiger partial charge in [-0.15, -0.1) is 0 Å². The summed E-state index contributed by atoms with van der Waals surface area (Å²) in [4.78, 5) is 13.8. The van der Waals surface area contributed by atoms with E-state index in [0.717, 1.165) is 50.5 Å². The van der Waals surface area contributed by atoms with Crippen molar-refractivity contribution in [3.63, 3.8) is 0 Å². The van der Waals surface area contributed by atoms with Crippen LogP contribution in [0.5, 0.6) is 0 Å². The van der Waals surface area contributed by atoms with Gasteiger partial charge in [-0.1, -0.05) is 59.6 Å². The van der Waals surface area contributed by atoms with Crippen molar-refractivity contribution >= 4 is 34.0 Å². The lowest BCUT2D eigenvalue weighted by Crippen LogP contribution is -2.29. The van der Waals surface area contributed by atoms with Gasteiger partial charge in [-0.25, -0.2) is 4.68 Å². The number of anilines is 2. The minimum Gasteiger partial charge on any atom is -0.339 e. The topological polar surface area (TPSA) is 51.9 Å². The van der Waals surface area contributed by atoms with Gasteiger partial charge < -0.3 is 9.88 Å². The molecule has 0 saturated heterocycles. The van der Waals surface area contributed by atoms with Gasteiger partial charge in [-0.2, -0.15) is 5.10 Å². The first-order valence-corrected chi connectivity index (χ1v) is 11.6. The van der Waals surface area contributed by atoms with Crippen molar-refractivity contribution in [1.82, 2.24) is 14.3 Å². The fraction of sp³-hybridized carbons (Fsp3) is 0.143. The van der Waals surface area contributed by atoms with Crippen LogP contribution in [0.25, 0.3) is 16.6 Å². The Morgan fingerprint density at radius 2 is 1.62 bits per heavy atom. The number of halogens is 1. The van der Waals surface area contributed by atoms with Crippen LogP contribution in [0.3, 0.4) is 0 Å². The minimum absolute atomic E-state index is 0.0192. The van der Waals surface area contributed by atoms with Crippen LogP contribution in [0.1, 0.15) is 33.9 Å². The van der Waals surface area contributed by atoms with E-state index in [2.05, 4.69) is 42.6 Å². The molecule has 3 heterocycles. The smallest absolute Gasteiger partial charge is 0.257 e. The lowest BCUT2D eigenvalue weighted by molar-refractivity contribution is 0.842. The number of para-hydroxylation sites is 1. The third-order valence-electron chi connectivity index (χ3n) is 6.75. The molecule has 0 aliphatic carbocycles. The van der Waals surface area contributed by atoms with E-state index in [4.69, 9.17) is 16.7 Å². The number of nitrogens with one attached hydrogen (secondary N) is 1. The van der Waals surface area contributed by atoms with Gasteiger partial charge in [0, 0.05) is 28.9 Å². The fourth-order valence-electron chi connectivity index (χ4n) is 5.05. The molecule has 0 fully saturated rings. The zero-order valence-corrected chi connectivity index (χ0v) is 19.9.